The van der Waals surface area contributed by atoms with Crippen molar-refractivity contribution in [2.45, 2.75) is 6.54 Å². The van der Waals surface area contributed by atoms with Gasteiger partial charge >= 0.3 is 0 Å². The van der Waals surface area contributed by atoms with Gasteiger partial charge in [0.2, 0.25) is 6.79 Å². The van der Waals surface area contributed by atoms with E-state index in [1.54, 1.807) is 11.3 Å². The molecule has 0 unspecified atom stereocenters. The van der Waals surface area contributed by atoms with Crippen LogP contribution in [0.25, 0.3) is 0 Å². The number of carbonyl (C=O) groups excluding carboxylic acids is 1. The topological polar surface area (TPSA) is 47.6 Å². The molecule has 4 nitrogen and oxygen atoms in total. The van der Waals surface area contributed by atoms with Crippen molar-refractivity contribution < 1.29 is 14.3 Å². The summed E-state index contributed by atoms with van der Waals surface area (Å²) in [6, 6.07) is 7.54. The van der Waals surface area contributed by atoms with Gasteiger partial charge in [0, 0.05) is 11.9 Å². The van der Waals surface area contributed by atoms with Crippen molar-refractivity contribution in [1.82, 2.24) is 5.32 Å². The highest BCUT2D eigenvalue weighted by Crippen LogP contribution is 2.32. The Morgan fingerprint density at radius 2 is 2.16 bits per heavy atom. The fourth-order valence-electron chi connectivity index (χ4n) is 1.76. The third-order valence-electron chi connectivity index (χ3n) is 2.72. The fourth-order valence-corrected chi connectivity index (χ4v) is 3.09. The van der Waals surface area contributed by atoms with Crippen LogP contribution in [0.4, 0.5) is 0 Å². The number of amides is 1. The van der Waals surface area contributed by atoms with Crippen LogP contribution in [0.15, 0.2) is 29.6 Å². The third-order valence-corrected chi connectivity index (χ3v) is 4.51. The number of halogens is 1. The summed E-state index contributed by atoms with van der Waals surface area (Å²) in [5, 5.41) is 4.75. The highest BCUT2D eigenvalue weighted by atomic mass is 127. The van der Waals surface area contributed by atoms with Crippen LogP contribution in [-0.4, -0.2) is 12.7 Å². The monoisotopic (exact) mass is 387 g/mol. The zero-order valence-corrected chi connectivity index (χ0v) is 12.8. The van der Waals surface area contributed by atoms with Gasteiger partial charge in [-0.15, -0.1) is 11.3 Å². The normalized spacial score (nSPS) is 12.5. The number of nitrogens with one attached hydrogen (secondary N) is 1. The van der Waals surface area contributed by atoms with Crippen molar-refractivity contribution in [3.63, 3.8) is 0 Å². The SMILES string of the molecule is O=C(NCc1ccc2c(c1)OCO2)c1csc(I)c1. The Hall–Kier alpha value is -1.28. The van der Waals surface area contributed by atoms with Crippen molar-refractivity contribution in [1.29, 1.82) is 0 Å². The molecule has 98 valence electrons. The second kappa shape index (κ2) is 5.38. The first-order valence-electron chi connectivity index (χ1n) is 5.63. The molecule has 1 aliphatic heterocycles. The molecule has 1 aromatic carbocycles. The average Bonchev–Trinajstić information content (AvgIpc) is 3.03. The van der Waals surface area contributed by atoms with E-state index < -0.39 is 0 Å². The molecule has 1 N–H and O–H groups in total. The van der Waals surface area contributed by atoms with E-state index in [-0.39, 0.29) is 12.7 Å². The highest BCUT2D eigenvalue weighted by molar-refractivity contribution is 14.1. The Labute approximate surface area is 127 Å². The second-order valence-corrected chi connectivity index (χ2v) is 6.82. The predicted molar refractivity (Wildman–Crippen MR) is 80.8 cm³/mol. The van der Waals surface area contributed by atoms with Crippen molar-refractivity contribution in [3.05, 3.63) is 43.7 Å². The number of carbonyl (C=O) groups is 1. The van der Waals surface area contributed by atoms with Gasteiger partial charge in [0.1, 0.15) is 0 Å². The minimum atomic E-state index is -0.0585. The molecule has 1 aliphatic rings. The molecule has 6 heteroatoms. The van der Waals surface area contributed by atoms with E-state index in [4.69, 9.17) is 9.47 Å². The maximum absolute atomic E-state index is 11.9. The van der Waals surface area contributed by atoms with Gasteiger partial charge in [-0.2, -0.15) is 0 Å². The van der Waals surface area contributed by atoms with E-state index >= 15 is 0 Å². The van der Waals surface area contributed by atoms with Gasteiger partial charge in [0.15, 0.2) is 11.5 Å². The smallest absolute Gasteiger partial charge is 0.252 e. The second-order valence-electron chi connectivity index (χ2n) is 4.01. The lowest BCUT2D eigenvalue weighted by atomic mass is 10.2. The summed E-state index contributed by atoms with van der Waals surface area (Å²) in [4.78, 5) is 11.9. The molecule has 0 saturated heterocycles. The molecule has 0 fully saturated rings. The first kappa shape index (κ1) is 12.7. The standard InChI is InChI=1S/C13H10INO3S/c14-12-4-9(6-19-12)13(16)15-5-8-1-2-10-11(3-8)18-7-17-10/h1-4,6H,5,7H2,(H,15,16). The molecule has 1 aromatic heterocycles. The van der Waals surface area contributed by atoms with Crippen LogP contribution in [0.2, 0.25) is 0 Å². The number of fused-ring (bicyclic) bond motifs is 1. The van der Waals surface area contributed by atoms with Crippen LogP contribution in [0.5, 0.6) is 11.5 Å². The van der Waals surface area contributed by atoms with Crippen LogP contribution < -0.4 is 14.8 Å². The lowest BCUT2D eigenvalue weighted by Gasteiger charge is -2.05. The van der Waals surface area contributed by atoms with Gasteiger partial charge in [-0.1, -0.05) is 6.07 Å². The molecule has 2 aromatic rings. The predicted octanol–water partition coefficient (Wildman–Crippen LogP) is 3.01. The Balaban J connectivity index is 1.64. The number of benzene rings is 1. The van der Waals surface area contributed by atoms with Crippen LogP contribution in [0, 0.1) is 2.88 Å². The van der Waals surface area contributed by atoms with Gasteiger partial charge in [-0.25, -0.2) is 0 Å². The molecule has 0 bridgehead atoms. The minimum Gasteiger partial charge on any atom is -0.454 e. The fraction of sp³-hybridized carbons (Fsp3) is 0.154. The summed E-state index contributed by atoms with van der Waals surface area (Å²) < 4.78 is 11.6. The molecule has 0 saturated carbocycles. The molecule has 0 radical (unpaired) electrons. The summed E-state index contributed by atoms with van der Waals surface area (Å²) in [5.74, 6) is 1.43. The molecule has 0 aliphatic carbocycles. The molecular weight excluding hydrogens is 377 g/mol. The van der Waals surface area contributed by atoms with Crippen molar-refractivity contribution >= 4 is 39.8 Å². The zero-order valence-electron chi connectivity index (χ0n) is 9.81. The minimum absolute atomic E-state index is 0.0585. The quantitative estimate of drug-likeness (QED) is 0.824. The summed E-state index contributed by atoms with van der Waals surface area (Å²) in [5.41, 5.74) is 1.69. The number of hydrogen-bond acceptors (Lipinski definition) is 4. The third kappa shape index (κ3) is 2.84. The van der Waals surface area contributed by atoms with Gasteiger partial charge in [0.05, 0.1) is 8.45 Å². The maximum Gasteiger partial charge on any atom is 0.252 e. The van der Waals surface area contributed by atoms with Crippen molar-refractivity contribution in [2.75, 3.05) is 6.79 Å². The molecular formula is C13H10INO3S. The Morgan fingerprint density at radius 1 is 1.32 bits per heavy atom. The molecule has 1 amide bonds. The van der Waals surface area contributed by atoms with E-state index in [2.05, 4.69) is 27.9 Å². The van der Waals surface area contributed by atoms with E-state index in [0.29, 0.717) is 12.1 Å². The lowest BCUT2D eigenvalue weighted by Crippen LogP contribution is -2.22. The molecule has 0 atom stereocenters. The first-order chi connectivity index (χ1) is 9.22. The summed E-state index contributed by atoms with van der Waals surface area (Å²) in [7, 11) is 0. The molecule has 2 heterocycles. The molecule has 19 heavy (non-hydrogen) atoms. The van der Waals surface area contributed by atoms with E-state index in [1.807, 2.05) is 29.6 Å². The summed E-state index contributed by atoms with van der Waals surface area (Å²) >= 11 is 3.76. The van der Waals surface area contributed by atoms with Crippen LogP contribution >= 0.6 is 33.9 Å². The van der Waals surface area contributed by atoms with Crippen LogP contribution in [0.3, 0.4) is 0 Å². The largest absolute Gasteiger partial charge is 0.454 e. The molecule has 0 spiro atoms. The summed E-state index contributed by atoms with van der Waals surface area (Å²) in [6.45, 7) is 0.736. The maximum atomic E-state index is 11.9. The Kier molecular flexibility index (Phi) is 3.61. The van der Waals surface area contributed by atoms with Crippen LogP contribution in [-0.2, 0) is 6.54 Å². The number of hydrogen-bond donors (Lipinski definition) is 1. The van der Waals surface area contributed by atoms with Crippen LogP contribution in [0.1, 0.15) is 15.9 Å². The molecule has 3 rings (SSSR count). The van der Waals surface area contributed by atoms with Gasteiger partial charge in [-0.05, 0) is 46.4 Å². The summed E-state index contributed by atoms with van der Waals surface area (Å²) in [6.07, 6.45) is 0. The van der Waals surface area contributed by atoms with Gasteiger partial charge < -0.3 is 14.8 Å². The first-order valence-corrected chi connectivity index (χ1v) is 7.59. The average molecular weight is 387 g/mol. The van der Waals surface area contributed by atoms with Crippen molar-refractivity contribution in [3.8, 4) is 11.5 Å². The van der Waals surface area contributed by atoms with E-state index in [0.717, 1.165) is 19.9 Å². The number of thiophene rings is 1. The van der Waals surface area contributed by atoms with E-state index in [9.17, 15) is 4.79 Å². The van der Waals surface area contributed by atoms with Gasteiger partial charge in [-0.3, -0.25) is 4.79 Å². The van der Waals surface area contributed by atoms with E-state index in [1.165, 1.54) is 0 Å². The van der Waals surface area contributed by atoms with Crippen molar-refractivity contribution in [2.24, 2.45) is 0 Å². The number of ether oxygens (including phenoxy) is 2. The number of rotatable bonds is 3. The lowest BCUT2D eigenvalue weighted by molar-refractivity contribution is 0.0951. The Bertz CT molecular complexity index is 626. The highest BCUT2D eigenvalue weighted by Gasteiger charge is 2.13. The zero-order chi connectivity index (χ0) is 13.2. The van der Waals surface area contributed by atoms with Gasteiger partial charge in [0.25, 0.3) is 5.91 Å². The Morgan fingerprint density at radius 3 is 2.95 bits per heavy atom.